The molecule has 1 aliphatic rings. The number of carbonyl (C=O) groups excluding carboxylic acids is 3. The Hall–Kier alpha value is -3.14. The molecular weight excluding hydrogens is 356 g/mol. The maximum absolute atomic E-state index is 12.7. The van der Waals surface area contributed by atoms with Crippen LogP contribution in [0.4, 0.5) is 16.2 Å². The van der Waals surface area contributed by atoms with E-state index in [0.29, 0.717) is 11.4 Å². The zero-order chi connectivity index (χ0) is 20.1. The SMILES string of the molecule is CC(C)[C@H](NC(=O)N1CC(=O)Nc2ccccc21)C(=O)N[C@@H](CO)C(=O)O. The number of hydrogen-bond acceptors (Lipinski definition) is 5. The first-order valence-electron chi connectivity index (χ1n) is 8.35. The van der Waals surface area contributed by atoms with Crippen LogP contribution in [0.2, 0.25) is 0 Å². The third-order valence-corrected chi connectivity index (χ3v) is 4.04. The highest BCUT2D eigenvalue weighted by Crippen LogP contribution is 2.28. The van der Waals surface area contributed by atoms with Crippen LogP contribution < -0.4 is 20.9 Å². The number of fused-ring (bicyclic) bond motifs is 1. The van der Waals surface area contributed by atoms with Crippen molar-refractivity contribution >= 4 is 35.2 Å². The molecule has 146 valence electrons. The Balaban J connectivity index is 2.17. The molecule has 0 bridgehead atoms. The van der Waals surface area contributed by atoms with Crippen LogP contribution in [0.5, 0.6) is 0 Å². The molecule has 0 spiro atoms. The van der Waals surface area contributed by atoms with E-state index in [1.165, 1.54) is 4.90 Å². The monoisotopic (exact) mass is 378 g/mol. The molecule has 0 radical (unpaired) electrons. The maximum Gasteiger partial charge on any atom is 0.328 e. The molecule has 0 aromatic heterocycles. The molecule has 0 fully saturated rings. The number of nitrogens with one attached hydrogen (secondary N) is 3. The van der Waals surface area contributed by atoms with Crippen LogP contribution in [0.1, 0.15) is 13.8 Å². The summed E-state index contributed by atoms with van der Waals surface area (Å²) >= 11 is 0. The van der Waals surface area contributed by atoms with Gasteiger partial charge in [0.1, 0.15) is 18.6 Å². The van der Waals surface area contributed by atoms with Gasteiger partial charge >= 0.3 is 12.0 Å². The summed E-state index contributed by atoms with van der Waals surface area (Å²) in [6, 6.07) is 3.54. The average Bonchev–Trinajstić information content (AvgIpc) is 2.62. The van der Waals surface area contributed by atoms with E-state index in [1.807, 2.05) is 0 Å². The summed E-state index contributed by atoms with van der Waals surface area (Å²) in [7, 11) is 0. The third kappa shape index (κ3) is 4.73. The summed E-state index contributed by atoms with van der Waals surface area (Å²) in [5, 5.41) is 25.4. The number of carbonyl (C=O) groups is 4. The highest BCUT2D eigenvalue weighted by Gasteiger charge is 2.32. The van der Waals surface area contributed by atoms with Crippen molar-refractivity contribution in [1.82, 2.24) is 10.6 Å². The lowest BCUT2D eigenvalue weighted by Crippen LogP contribution is -2.58. The molecule has 10 nitrogen and oxygen atoms in total. The molecule has 2 rings (SSSR count). The number of benzene rings is 1. The van der Waals surface area contributed by atoms with E-state index >= 15 is 0 Å². The first kappa shape index (κ1) is 20.2. The second kappa shape index (κ2) is 8.49. The topological polar surface area (TPSA) is 148 Å². The van der Waals surface area contributed by atoms with Gasteiger partial charge in [-0.15, -0.1) is 0 Å². The predicted octanol–water partition coefficient (Wildman–Crippen LogP) is -0.259. The van der Waals surface area contributed by atoms with Crippen LogP contribution in [0.25, 0.3) is 0 Å². The summed E-state index contributed by atoms with van der Waals surface area (Å²) in [5.74, 6) is -2.87. The third-order valence-electron chi connectivity index (χ3n) is 4.04. The molecule has 5 N–H and O–H groups in total. The van der Waals surface area contributed by atoms with Crippen molar-refractivity contribution in [3.05, 3.63) is 24.3 Å². The number of carboxylic acids is 1. The van der Waals surface area contributed by atoms with Crippen molar-refractivity contribution in [1.29, 1.82) is 0 Å². The van der Waals surface area contributed by atoms with Gasteiger partial charge in [0.15, 0.2) is 0 Å². The Morgan fingerprint density at radius 3 is 2.48 bits per heavy atom. The van der Waals surface area contributed by atoms with E-state index in [4.69, 9.17) is 10.2 Å². The Kier molecular flexibility index (Phi) is 6.35. The van der Waals surface area contributed by atoms with Gasteiger partial charge in [-0.2, -0.15) is 0 Å². The molecule has 1 aromatic carbocycles. The average molecular weight is 378 g/mol. The Morgan fingerprint density at radius 1 is 1.22 bits per heavy atom. The maximum atomic E-state index is 12.7. The standard InChI is InChI=1S/C17H22N4O6/c1-9(2)14(15(24)19-11(8-22)16(25)26)20-17(27)21-7-13(23)18-10-5-3-4-6-12(10)21/h3-6,9,11,14,22H,7-8H2,1-2H3,(H,18,23)(H,19,24)(H,20,27)(H,25,26)/t11-,14-/m0/s1. The predicted molar refractivity (Wildman–Crippen MR) is 96.2 cm³/mol. The fourth-order valence-electron chi connectivity index (χ4n) is 2.61. The van der Waals surface area contributed by atoms with Gasteiger partial charge in [0.05, 0.1) is 18.0 Å². The lowest BCUT2D eigenvalue weighted by molar-refractivity contribution is -0.143. The Morgan fingerprint density at radius 2 is 1.89 bits per heavy atom. The number of aliphatic hydroxyl groups is 1. The van der Waals surface area contributed by atoms with Crippen molar-refractivity contribution in [2.45, 2.75) is 25.9 Å². The van der Waals surface area contributed by atoms with Crippen molar-refractivity contribution in [3.63, 3.8) is 0 Å². The molecular formula is C17H22N4O6. The first-order valence-corrected chi connectivity index (χ1v) is 8.35. The largest absolute Gasteiger partial charge is 0.480 e. The van der Waals surface area contributed by atoms with Crippen LogP contribution in [-0.4, -0.2) is 59.3 Å². The second-order valence-corrected chi connectivity index (χ2v) is 6.40. The fourth-order valence-corrected chi connectivity index (χ4v) is 2.61. The van der Waals surface area contributed by atoms with Crippen LogP contribution in [-0.2, 0) is 14.4 Å². The minimum absolute atomic E-state index is 0.219. The molecule has 0 aliphatic carbocycles. The quantitative estimate of drug-likeness (QED) is 0.461. The number of rotatable bonds is 6. The van der Waals surface area contributed by atoms with E-state index in [0.717, 1.165) is 0 Å². The van der Waals surface area contributed by atoms with E-state index in [-0.39, 0.29) is 18.4 Å². The van der Waals surface area contributed by atoms with Crippen LogP contribution in [0.15, 0.2) is 24.3 Å². The van der Waals surface area contributed by atoms with E-state index < -0.39 is 36.6 Å². The van der Waals surface area contributed by atoms with Crippen LogP contribution >= 0.6 is 0 Å². The number of anilines is 2. The second-order valence-electron chi connectivity index (χ2n) is 6.40. The van der Waals surface area contributed by atoms with Crippen molar-refractivity contribution in [2.24, 2.45) is 5.92 Å². The normalized spacial score (nSPS) is 15.4. The molecule has 4 amide bonds. The molecule has 2 atom stereocenters. The summed E-state index contributed by atoms with van der Waals surface area (Å²) in [4.78, 5) is 49.1. The lowest BCUT2D eigenvalue weighted by Gasteiger charge is -2.31. The fraction of sp³-hybridized carbons (Fsp3) is 0.412. The van der Waals surface area contributed by atoms with Gasteiger partial charge in [0.25, 0.3) is 0 Å². The van der Waals surface area contributed by atoms with Gasteiger partial charge < -0.3 is 26.2 Å². The van der Waals surface area contributed by atoms with E-state index in [1.54, 1.807) is 38.1 Å². The number of aliphatic carboxylic acids is 1. The van der Waals surface area contributed by atoms with Crippen molar-refractivity contribution < 1.29 is 29.4 Å². The number of carboxylic acid groups (broad SMARTS) is 1. The molecule has 1 aliphatic heterocycles. The van der Waals surface area contributed by atoms with Gasteiger partial charge in [-0.05, 0) is 18.1 Å². The summed E-state index contributed by atoms with van der Waals surface area (Å²) < 4.78 is 0. The van der Waals surface area contributed by atoms with Gasteiger partial charge in [-0.1, -0.05) is 26.0 Å². The molecule has 0 saturated carbocycles. The summed E-state index contributed by atoms with van der Waals surface area (Å²) in [6.45, 7) is 2.36. The van der Waals surface area contributed by atoms with Gasteiger partial charge in [-0.3, -0.25) is 14.5 Å². The van der Waals surface area contributed by atoms with Crippen LogP contribution in [0.3, 0.4) is 0 Å². The molecule has 1 aromatic rings. The highest BCUT2D eigenvalue weighted by molar-refractivity contribution is 6.10. The van der Waals surface area contributed by atoms with Crippen LogP contribution in [0, 0.1) is 5.92 Å². The van der Waals surface area contributed by atoms with E-state index in [9.17, 15) is 19.2 Å². The number of nitrogens with zero attached hydrogens (tertiary/aromatic N) is 1. The molecule has 27 heavy (non-hydrogen) atoms. The molecule has 0 unspecified atom stereocenters. The number of para-hydroxylation sites is 2. The van der Waals surface area contributed by atoms with Crippen molar-refractivity contribution in [3.8, 4) is 0 Å². The minimum Gasteiger partial charge on any atom is -0.480 e. The number of aliphatic hydroxyl groups excluding tert-OH is 1. The van der Waals surface area contributed by atoms with Gasteiger partial charge in [0, 0.05) is 0 Å². The molecule has 10 heteroatoms. The zero-order valence-corrected chi connectivity index (χ0v) is 14.9. The zero-order valence-electron chi connectivity index (χ0n) is 14.9. The van der Waals surface area contributed by atoms with Gasteiger partial charge in [-0.25, -0.2) is 9.59 Å². The Bertz CT molecular complexity index is 751. The number of urea groups is 1. The number of hydrogen-bond donors (Lipinski definition) is 5. The highest BCUT2D eigenvalue weighted by atomic mass is 16.4. The summed E-state index contributed by atoms with van der Waals surface area (Å²) in [6.07, 6.45) is 0. The minimum atomic E-state index is -1.47. The summed E-state index contributed by atoms with van der Waals surface area (Å²) in [5.41, 5.74) is 0.956. The molecule has 0 saturated heterocycles. The van der Waals surface area contributed by atoms with Gasteiger partial charge in [0.2, 0.25) is 11.8 Å². The smallest absolute Gasteiger partial charge is 0.328 e. The van der Waals surface area contributed by atoms with Crippen molar-refractivity contribution in [2.75, 3.05) is 23.4 Å². The number of amides is 4. The first-order chi connectivity index (χ1) is 12.7. The Labute approximate surface area is 155 Å². The lowest BCUT2D eigenvalue weighted by atomic mass is 10.0. The molecule has 1 heterocycles. The van der Waals surface area contributed by atoms with E-state index in [2.05, 4.69) is 16.0 Å².